The molecule has 388 valence electrons. The molecule has 1 aliphatic rings. The normalized spacial score (nSPS) is 12.7. The van der Waals surface area contributed by atoms with E-state index in [1.165, 1.54) is 126 Å². The first-order chi connectivity index (χ1) is 32.6. The molecule has 0 aromatic heterocycles. The van der Waals surface area contributed by atoms with E-state index in [9.17, 15) is 14.4 Å². The Morgan fingerprint density at radius 2 is 0.697 bits per heavy atom. The fourth-order valence-electron chi connectivity index (χ4n) is 6.42. The molecule has 1 aliphatic heterocycles. The van der Waals surface area contributed by atoms with Crippen molar-refractivity contribution in [3.63, 3.8) is 0 Å². The van der Waals surface area contributed by atoms with Gasteiger partial charge in [-0.1, -0.05) is 111 Å². The third-order valence-corrected chi connectivity index (χ3v) is 12.7. The van der Waals surface area contributed by atoms with Gasteiger partial charge in [0.25, 0.3) is 11.8 Å². The molecule has 0 aromatic carbocycles. The zero-order valence-electron chi connectivity index (χ0n) is 40.6. The number of nitrogens with one attached hydrogen (secondary N) is 1. The molecule has 0 unspecified atom stereocenters. The summed E-state index contributed by atoms with van der Waals surface area (Å²) in [6, 6.07) is 0. The monoisotopic (exact) mass is 983 g/mol. The molecule has 0 fully saturated rings. The van der Waals surface area contributed by atoms with Crippen molar-refractivity contribution in [1.82, 2.24) is 10.2 Å². The molecule has 66 heavy (non-hydrogen) atoms. The van der Waals surface area contributed by atoms with Crippen LogP contribution in [0.25, 0.3) is 0 Å². The van der Waals surface area contributed by atoms with Crippen molar-refractivity contribution in [3.05, 3.63) is 12.2 Å². The van der Waals surface area contributed by atoms with Gasteiger partial charge in [-0.2, -0.15) is 0 Å². The number of aliphatic hydroxyl groups excluding tert-OH is 1. The Balaban J connectivity index is 1.61. The lowest BCUT2D eigenvalue weighted by Crippen LogP contribution is -2.39. The molecule has 0 atom stereocenters. The molecule has 18 heteroatoms. The maximum Gasteiger partial charge on any atom is 0.253 e. The van der Waals surface area contributed by atoms with Gasteiger partial charge in [0.15, 0.2) is 0 Å². The summed E-state index contributed by atoms with van der Waals surface area (Å²) >= 11 is 0. The molecule has 0 bridgehead atoms. The smallest absolute Gasteiger partial charge is 0.253 e. The number of carbonyl (C=O) groups excluding carboxylic acids is 3. The van der Waals surface area contributed by atoms with Crippen LogP contribution in [0, 0.1) is 0 Å². The van der Waals surface area contributed by atoms with Gasteiger partial charge < -0.3 is 57.8 Å². The first kappa shape index (κ1) is 62.6. The minimum Gasteiger partial charge on any atom is -0.394 e. The summed E-state index contributed by atoms with van der Waals surface area (Å²) in [5.74, 6) is 1.52. The van der Waals surface area contributed by atoms with Crippen molar-refractivity contribution in [2.45, 2.75) is 116 Å². The highest BCUT2D eigenvalue weighted by Crippen LogP contribution is 2.25. The highest BCUT2D eigenvalue weighted by Gasteiger charge is 2.22. The molecule has 0 spiro atoms. The quantitative estimate of drug-likeness (QED) is 0.0379. The summed E-state index contributed by atoms with van der Waals surface area (Å²) in [6.45, 7) is 10.2. The maximum atomic E-state index is 11.8. The van der Waals surface area contributed by atoms with Crippen molar-refractivity contribution in [2.24, 2.45) is 0 Å². The molecule has 0 radical (unpaired) electrons. The fraction of sp³-hybridized carbons (Fsp3) is 0.896. The van der Waals surface area contributed by atoms with E-state index in [1.807, 2.05) is 0 Å². The van der Waals surface area contributed by atoms with E-state index in [0.29, 0.717) is 106 Å². The van der Waals surface area contributed by atoms with Gasteiger partial charge in [-0.25, -0.2) is 0 Å². The van der Waals surface area contributed by atoms with Crippen molar-refractivity contribution < 1.29 is 66.9 Å². The first-order valence-electron chi connectivity index (χ1n) is 25.1. The van der Waals surface area contributed by atoms with Gasteiger partial charge in [-0.05, 0) is 25.7 Å². The van der Waals surface area contributed by atoms with Crippen LogP contribution in [0.2, 0.25) is 0 Å². The molecule has 3 amide bonds. The molecule has 16 nitrogen and oxygen atoms in total. The second kappa shape index (κ2) is 53.0. The van der Waals surface area contributed by atoms with Crippen LogP contribution in [0.3, 0.4) is 0 Å². The maximum absolute atomic E-state index is 11.8. The summed E-state index contributed by atoms with van der Waals surface area (Å²) < 4.78 is 54.7. The topological polar surface area (TPSA) is 179 Å². The molecule has 0 saturated heterocycles. The number of hydrogen-bond acceptors (Lipinski definition) is 16. The molecule has 1 rings (SSSR count). The van der Waals surface area contributed by atoms with Crippen LogP contribution in [-0.4, -0.2) is 191 Å². The largest absolute Gasteiger partial charge is 0.394 e. The number of carbonyl (C=O) groups is 3. The zero-order chi connectivity index (χ0) is 47.3. The SMILES string of the molecule is O=C(COCCOCCOCCOCCOCCOCCOCCCCCCCCCCCSSCCCCCCCCCCCOCCOCCOCCO)NCCN1C(=O)C=CC1=O. The van der Waals surface area contributed by atoms with Gasteiger partial charge in [0.1, 0.15) is 6.61 Å². The van der Waals surface area contributed by atoms with Crippen LogP contribution in [-0.2, 0) is 61.8 Å². The van der Waals surface area contributed by atoms with Crippen molar-refractivity contribution in [2.75, 3.05) is 163 Å². The summed E-state index contributed by atoms with van der Waals surface area (Å²) in [4.78, 5) is 35.8. The van der Waals surface area contributed by atoms with Gasteiger partial charge >= 0.3 is 0 Å². The first-order valence-corrected chi connectivity index (χ1v) is 27.6. The Hall–Kier alpha value is -1.39. The predicted molar refractivity (Wildman–Crippen MR) is 262 cm³/mol. The van der Waals surface area contributed by atoms with Crippen LogP contribution < -0.4 is 5.32 Å². The van der Waals surface area contributed by atoms with Gasteiger partial charge in [0.2, 0.25) is 5.91 Å². The van der Waals surface area contributed by atoms with Gasteiger partial charge in [0.05, 0.1) is 119 Å². The Bertz CT molecular complexity index is 1080. The van der Waals surface area contributed by atoms with Crippen LogP contribution in [0.4, 0.5) is 0 Å². The highest BCUT2D eigenvalue weighted by molar-refractivity contribution is 8.76. The highest BCUT2D eigenvalue weighted by atomic mass is 33.1. The van der Waals surface area contributed by atoms with Crippen molar-refractivity contribution in [1.29, 1.82) is 0 Å². The van der Waals surface area contributed by atoms with Gasteiger partial charge in [-0.15, -0.1) is 0 Å². The Labute approximate surface area is 406 Å². The molecule has 0 aliphatic carbocycles. The second-order valence-electron chi connectivity index (χ2n) is 15.8. The minimum atomic E-state index is -0.375. The number of aliphatic hydroxyl groups is 1. The predicted octanol–water partition coefficient (Wildman–Crippen LogP) is 6.59. The molecular weight excluding hydrogens is 893 g/mol. The Morgan fingerprint density at radius 1 is 0.409 bits per heavy atom. The van der Waals surface area contributed by atoms with E-state index in [0.717, 1.165) is 31.0 Å². The van der Waals surface area contributed by atoms with E-state index in [-0.39, 0.29) is 50.6 Å². The standard InChI is InChI=1S/C48H90N2O14S2/c51-23-26-57-29-32-58-30-27-55-24-15-11-7-3-1-5-9-13-17-43-65-66-44-18-14-10-6-2-4-8-12-16-25-56-28-31-59-33-34-60-35-36-61-37-38-62-39-40-63-41-42-64-45-46(52)49-21-22-50-47(53)19-20-48(50)54/h19-20,51H,1-18,21-45H2,(H,49,52). The number of ether oxygens (including phenoxy) is 10. The Kier molecular flexibility index (Phi) is 50.3. The molecular formula is C48H90N2O14S2. The van der Waals surface area contributed by atoms with E-state index in [1.54, 1.807) is 0 Å². The minimum absolute atomic E-state index is 0.0573. The molecule has 0 saturated carbocycles. The number of imide groups is 1. The third kappa shape index (κ3) is 46.3. The molecule has 2 N–H and O–H groups in total. The molecule has 0 aromatic rings. The van der Waals surface area contributed by atoms with E-state index >= 15 is 0 Å². The van der Waals surface area contributed by atoms with Crippen molar-refractivity contribution in [3.8, 4) is 0 Å². The Morgan fingerprint density at radius 3 is 1.05 bits per heavy atom. The number of unbranched alkanes of at least 4 members (excludes halogenated alkanes) is 16. The summed E-state index contributed by atoms with van der Waals surface area (Å²) in [7, 11) is 4.15. The van der Waals surface area contributed by atoms with E-state index < -0.39 is 0 Å². The lowest BCUT2D eigenvalue weighted by atomic mass is 10.1. The zero-order valence-corrected chi connectivity index (χ0v) is 42.2. The number of nitrogens with zero attached hydrogens (tertiary/aromatic N) is 1. The fourth-order valence-corrected chi connectivity index (χ4v) is 8.72. The van der Waals surface area contributed by atoms with E-state index in [2.05, 4.69) is 26.9 Å². The van der Waals surface area contributed by atoms with Crippen LogP contribution >= 0.6 is 21.6 Å². The molecule has 1 heterocycles. The summed E-state index contributed by atoms with van der Waals surface area (Å²) in [5, 5.41) is 11.2. The van der Waals surface area contributed by atoms with Crippen molar-refractivity contribution >= 4 is 39.3 Å². The van der Waals surface area contributed by atoms with Crippen LogP contribution in [0.15, 0.2) is 12.2 Å². The number of rotatable bonds is 56. The van der Waals surface area contributed by atoms with Crippen LogP contribution in [0.1, 0.15) is 116 Å². The number of hydrogen-bond donors (Lipinski definition) is 2. The average Bonchev–Trinajstić information content (AvgIpc) is 3.64. The lowest BCUT2D eigenvalue weighted by molar-refractivity contribution is -0.137. The van der Waals surface area contributed by atoms with E-state index in [4.69, 9.17) is 52.5 Å². The summed E-state index contributed by atoms with van der Waals surface area (Å²) in [6.07, 6.45) is 26.2. The second-order valence-corrected chi connectivity index (χ2v) is 18.5. The number of amides is 3. The summed E-state index contributed by atoms with van der Waals surface area (Å²) in [5.41, 5.74) is 0. The van der Waals surface area contributed by atoms with Gasteiger partial charge in [-0.3, -0.25) is 19.3 Å². The van der Waals surface area contributed by atoms with Gasteiger partial charge in [0, 0.05) is 50.0 Å². The lowest BCUT2D eigenvalue weighted by Gasteiger charge is -2.14. The third-order valence-electron chi connectivity index (χ3n) is 10.1. The average molecular weight is 983 g/mol. The van der Waals surface area contributed by atoms with Crippen LogP contribution in [0.5, 0.6) is 0 Å².